The van der Waals surface area contributed by atoms with E-state index in [9.17, 15) is 4.79 Å². The predicted octanol–water partition coefficient (Wildman–Crippen LogP) is 3.78. The number of carbonyl (C=O) groups excluding carboxylic acids is 1. The van der Waals surface area contributed by atoms with Crippen molar-refractivity contribution in [2.45, 2.75) is 20.0 Å². The average molecular weight is 347 g/mol. The van der Waals surface area contributed by atoms with Crippen molar-refractivity contribution in [3.63, 3.8) is 0 Å². The predicted molar refractivity (Wildman–Crippen MR) is 100 cm³/mol. The quantitative estimate of drug-likeness (QED) is 0.521. The van der Waals surface area contributed by atoms with E-state index in [0.29, 0.717) is 5.69 Å². The molecule has 0 fully saturated rings. The molecule has 2 heterocycles. The topological polar surface area (TPSA) is 57.0 Å². The zero-order valence-corrected chi connectivity index (χ0v) is 15.1. The van der Waals surface area contributed by atoms with Gasteiger partial charge in [0, 0.05) is 30.6 Å². The summed E-state index contributed by atoms with van der Waals surface area (Å²) in [4.78, 5) is 16.8. The second kappa shape index (κ2) is 7.78. The normalized spacial score (nSPS) is 12.3. The summed E-state index contributed by atoms with van der Waals surface area (Å²) < 4.78 is 7.51. The number of aryl methyl sites for hydroxylation is 2. The van der Waals surface area contributed by atoms with Crippen LogP contribution in [0.4, 0.5) is 0 Å². The molecule has 1 aromatic carbocycles. The lowest BCUT2D eigenvalue weighted by Crippen LogP contribution is -2.12. The molecule has 0 N–H and O–H groups in total. The number of hydrogen-bond acceptors (Lipinski definition) is 4. The summed E-state index contributed by atoms with van der Waals surface area (Å²) in [5, 5.41) is 4.35. The molecule has 0 saturated carbocycles. The Bertz CT molecular complexity index is 876. The van der Waals surface area contributed by atoms with Crippen LogP contribution in [0.2, 0.25) is 0 Å². The summed E-state index contributed by atoms with van der Waals surface area (Å²) >= 11 is 0. The van der Waals surface area contributed by atoms with Crippen LogP contribution in [-0.2, 0) is 16.6 Å². The highest BCUT2D eigenvalue weighted by Gasteiger charge is 2.19. The second-order valence-electron chi connectivity index (χ2n) is 6.02. The molecule has 1 unspecified atom stereocenters. The van der Waals surface area contributed by atoms with Gasteiger partial charge in [-0.1, -0.05) is 36.4 Å². The minimum atomic E-state index is -0.550. The van der Waals surface area contributed by atoms with Gasteiger partial charge in [-0.2, -0.15) is 5.10 Å². The second-order valence-corrected chi connectivity index (χ2v) is 6.02. The standard InChI is InChI=1S/C21H21N3O2/c1-15-18(16(2)24(3)23-15)12-13-20(25)26-21(17-9-5-4-6-10-17)19-11-7-8-14-22-19/h4-14,21H,1-3H3/b13-12+. The van der Waals surface area contributed by atoms with E-state index in [-0.39, 0.29) is 0 Å². The molecule has 1 atom stereocenters. The van der Waals surface area contributed by atoms with Gasteiger partial charge in [0.1, 0.15) is 0 Å². The molecule has 0 aliphatic heterocycles. The van der Waals surface area contributed by atoms with Crippen LogP contribution in [0.3, 0.4) is 0 Å². The molecule has 0 radical (unpaired) electrons. The summed E-state index contributed by atoms with van der Waals surface area (Å²) in [6.45, 7) is 3.88. The summed E-state index contributed by atoms with van der Waals surface area (Å²) in [5.41, 5.74) is 4.36. The Hall–Kier alpha value is -3.21. The number of pyridine rings is 1. The number of esters is 1. The van der Waals surface area contributed by atoms with E-state index in [1.807, 2.05) is 69.4 Å². The van der Waals surface area contributed by atoms with Gasteiger partial charge in [0.25, 0.3) is 0 Å². The Morgan fingerprint density at radius 3 is 2.46 bits per heavy atom. The fourth-order valence-electron chi connectivity index (χ4n) is 2.80. The highest BCUT2D eigenvalue weighted by Crippen LogP contribution is 2.24. The number of aromatic nitrogens is 3. The van der Waals surface area contributed by atoms with Crippen LogP contribution in [0, 0.1) is 13.8 Å². The third-order valence-corrected chi connectivity index (χ3v) is 4.24. The van der Waals surface area contributed by atoms with E-state index in [1.54, 1.807) is 17.0 Å². The Morgan fingerprint density at radius 1 is 1.12 bits per heavy atom. The van der Waals surface area contributed by atoms with Crippen LogP contribution in [0.25, 0.3) is 6.08 Å². The lowest BCUT2D eigenvalue weighted by atomic mass is 10.1. The van der Waals surface area contributed by atoms with Gasteiger partial charge < -0.3 is 4.74 Å². The van der Waals surface area contributed by atoms with Gasteiger partial charge in [-0.15, -0.1) is 0 Å². The van der Waals surface area contributed by atoms with Crippen LogP contribution in [0.1, 0.15) is 34.3 Å². The van der Waals surface area contributed by atoms with Crippen molar-refractivity contribution >= 4 is 12.0 Å². The molecule has 0 saturated heterocycles. The molecule has 3 rings (SSSR count). The first-order valence-corrected chi connectivity index (χ1v) is 8.41. The largest absolute Gasteiger partial charge is 0.448 e. The summed E-state index contributed by atoms with van der Waals surface area (Å²) in [7, 11) is 1.88. The third-order valence-electron chi connectivity index (χ3n) is 4.24. The molecule has 26 heavy (non-hydrogen) atoms. The smallest absolute Gasteiger partial charge is 0.331 e. The number of nitrogens with zero attached hydrogens (tertiary/aromatic N) is 3. The molecule has 5 heteroatoms. The highest BCUT2D eigenvalue weighted by molar-refractivity contribution is 5.87. The Morgan fingerprint density at radius 2 is 1.85 bits per heavy atom. The van der Waals surface area contributed by atoms with E-state index in [2.05, 4.69) is 10.1 Å². The lowest BCUT2D eigenvalue weighted by Gasteiger charge is -2.16. The maximum absolute atomic E-state index is 12.4. The first kappa shape index (κ1) is 17.6. The van der Waals surface area contributed by atoms with E-state index < -0.39 is 12.1 Å². The Balaban J connectivity index is 1.83. The SMILES string of the molecule is Cc1nn(C)c(C)c1/C=C/C(=O)OC(c1ccccc1)c1ccccn1. The number of benzene rings is 1. The first-order chi connectivity index (χ1) is 12.6. The highest BCUT2D eigenvalue weighted by atomic mass is 16.5. The Kier molecular flexibility index (Phi) is 5.27. The summed E-state index contributed by atoms with van der Waals surface area (Å²) in [6, 6.07) is 15.2. The molecule has 2 aromatic heterocycles. The van der Waals surface area contributed by atoms with Crippen LogP contribution >= 0.6 is 0 Å². The van der Waals surface area contributed by atoms with Gasteiger partial charge in [-0.3, -0.25) is 9.67 Å². The van der Waals surface area contributed by atoms with Crippen molar-refractivity contribution in [2.24, 2.45) is 7.05 Å². The van der Waals surface area contributed by atoms with Crippen molar-refractivity contribution in [1.29, 1.82) is 0 Å². The first-order valence-electron chi connectivity index (χ1n) is 8.41. The molecular weight excluding hydrogens is 326 g/mol. The van der Waals surface area contributed by atoms with Gasteiger partial charge in [0.2, 0.25) is 0 Å². The minimum Gasteiger partial charge on any atom is -0.448 e. The Labute approximate surface area is 153 Å². The van der Waals surface area contributed by atoms with Gasteiger partial charge >= 0.3 is 5.97 Å². The molecule has 0 aliphatic carbocycles. The lowest BCUT2D eigenvalue weighted by molar-refractivity contribution is -0.141. The molecule has 0 bridgehead atoms. The molecule has 3 aromatic rings. The van der Waals surface area contributed by atoms with Gasteiger partial charge in [-0.05, 0) is 37.6 Å². The van der Waals surface area contributed by atoms with Crippen molar-refractivity contribution in [1.82, 2.24) is 14.8 Å². The van der Waals surface area contributed by atoms with Crippen molar-refractivity contribution in [2.75, 3.05) is 0 Å². The molecule has 0 amide bonds. The summed E-state index contributed by atoms with van der Waals surface area (Å²) in [5.74, 6) is -0.424. The van der Waals surface area contributed by atoms with E-state index >= 15 is 0 Å². The minimum absolute atomic E-state index is 0.424. The van der Waals surface area contributed by atoms with Gasteiger partial charge in [0.15, 0.2) is 6.10 Å². The maximum Gasteiger partial charge on any atom is 0.331 e. The fourth-order valence-corrected chi connectivity index (χ4v) is 2.80. The number of ether oxygens (including phenoxy) is 1. The van der Waals surface area contributed by atoms with Crippen LogP contribution < -0.4 is 0 Å². The zero-order valence-electron chi connectivity index (χ0n) is 15.1. The zero-order chi connectivity index (χ0) is 18.5. The van der Waals surface area contributed by atoms with Gasteiger partial charge in [-0.25, -0.2) is 4.79 Å². The molecule has 0 spiro atoms. The third kappa shape index (κ3) is 3.88. The van der Waals surface area contributed by atoms with Crippen LogP contribution in [0.15, 0.2) is 60.8 Å². The number of hydrogen-bond donors (Lipinski definition) is 0. The molecular formula is C21H21N3O2. The van der Waals surface area contributed by atoms with Gasteiger partial charge in [0.05, 0.1) is 11.4 Å². The molecule has 0 aliphatic rings. The number of rotatable bonds is 5. The monoisotopic (exact) mass is 347 g/mol. The van der Waals surface area contributed by atoms with Crippen molar-refractivity contribution in [3.8, 4) is 0 Å². The van der Waals surface area contributed by atoms with Crippen LogP contribution in [0.5, 0.6) is 0 Å². The van der Waals surface area contributed by atoms with Crippen LogP contribution in [-0.4, -0.2) is 20.7 Å². The molecule has 5 nitrogen and oxygen atoms in total. The average Bonchev–Trinajstić information content (AvgIpc) is 2.91. The molecule has 132 valence electrons. The van der Waals surface area contributed by atoms with Crippen molar-refractivity contribution < 1.29 is 9.53 Å². The van der Waals surface area contributed by atoms with E-state index in [4.69, 9.17) is 4.74 Å². The fraction of sp³-hybridized carbons (Fsp3) is 0.190. The number of carbonyl (C=O) groups is 1. The van der Waals surface area contributed by atoms with E-state index in [0.717, 1.165) is 22.5 Å². The maximum atomic E-state index is 12.4. The summed E-state index contributed by atoms with van der Waals surface area (Å²) in [6.07, 6.45) is 4.33. The van der Waals surface area contributed by atoms with Crippen molar-refractivity contribution in [3.05, 3.63) is 89.0 Å². The van der Waals surface area contributed by atoms with E-state index in [1.165, 1.54) is 6.08 Å².